The minimum Gasteiger partial charge on any atom is -0.489 e. The number of nitrogens with zero attached hydrogens (tertiary/aromatic N) is 2. The zero-order chi connectivity index (χ0) is 13.9. The highest BCUT2D eigenvalue weighted by Crippen LogP contribution is 2.32. The van der Waals surface area contributed by atoms with Gasteiger partial charge in [0.15, 0.2) is 0 Å². The van der Waals surface area contributed by atoms with Crippen molar-refractivity contribution in [3.63, 3.8) is 0 Å². The van der Waals surface area contributed by atoms with Crippen molar-refractivity contribution in [1.82, 2.24) is 9.80 Å². The number of benzene rings is 1. The van der Waals surface area contributed by atoms with Gasteiger partial charge in [-0.1, -0.05) is 12.1 Å². The van der Waals surface area contributed by atoms with Crippen molar-refractivity contribution in [3.05, 3.63) is 23.8 Å². The van der Waals surface area contributed by atoms with Crippen molar-refractivity contribution >= 4 is 5.69 Å². The second-order valence-corrected chi connectivity index (χ2v) is 6.04. The van der Waals surface area contributed by atoms with Crippen LogP contribution in [0.3, 0.4) is 0 Å². The van der Waals surface area contributed by atoms with Crippen molar-refractivity contribution in [3.8, 4) is 5.75 Å². The summed E-state index contributed by atoms with van der Waals surface area (Å²) in [7, 11) is 4.46. The van der Waals surface area contributed by atoms with Crippen LogP contribution < -0.4 is 10.1 Å². The molecule has 1 fully saturated rings. The molecular formula is C16H25N3O. The molecule has 1 atom stereocenters. The number of hydrogen-bond acceptors (Lipinski definition) is 4. The largest absolute Gasteiger partial charge is 0.489 e. The van der Waals surface area contributed by atoms with Crippen molar-refractivity contribution in [2.75, 3.05) is 45.7 Å². The van der Waals surface area contributed by atoms with Gasteiger partial charge in [-0.3, -0.25) is 4.90 Å². The third-order valence-electron chi connectivity index (χ3n) is 4.40. The Morgan fingerprint density at radius 2 is 2.35 bits per heavy atom. The average Bonchev–Trinajstić information content (AvgIpc) is 2.47. The predicted molar refractivity (Wildman–Crippen MR) is 82.4 cm³/mol. The number of nitrogens with one attached hydrogen (secondary N) is 1. The van der Waals surface area contributed by atoms with Gasteiger partial charge in [-0.15, -0.1) is 0 Å². The van der Waals surface area contributed by atoms with E-state index in [1.807, 2.05) is 0 Å². The number of piperidine rings is 1. The van der Waals surface area contributed by atoms with E-state index in [9.17, 15) is 0 Å². The number of ether oxygens (including phenoxy) is 1. The van der Waals surface area contributed by atoms with Crippen LogP contribution in [0.2, 0.25) is 0 Å². The number of likely N-dealkylation sites (tertiary alicyclic amines) is 1. The highest BCUT2D eigenvalue weighted by molar-refractivity contribution is 5.61. The molecule has 0 aliphatic carbocycles. The van der Waals surface area contributed by atoms with Gasteiger partial charge in [0.05, 0.1) is 5.69 Å². The van der Waals surface area contributed by atoms with Gasteiger partial charge in [-0.05, 0) is 39.5 Å². The van der Waals surface area contributed by atoms with E-state index >= 15 is 0 Å². The maximum absolute atomic E-state index is 5.86. The molecule has 0 amide bonds. The summed E-state index contributed by atoms with van der Waals surface area (Å²) in [5, 5.41) is 3.41. The second-order valence-electron chi connectivity index (χ2n) is 6.04. The topological polar surface area (TPSA) is 27.7 Å². The van der Waals surface area contributed by atoms with E-state index in [-0.39, 0.29) is 0 Å². The van der Waals surface area contributed by atoms with Crippen LogP contribution in [-0.2, 0) is 6.54 Å². The molecule has 20 heavy (non-hydrogen) atoms. The lowest BCUT2D eigenvalue weighted by molar-refractivity contribution is 0.128. The Bertz CT molecular complexity index is 463. The lowest BCUT2D eigenvalue weighted by Gasteiger charge is -2.36. The maximum Gasteiger partial charge on any atom is 0.146 e. The standard InChI is InChI=1S/C16H25N3O/c1-18-9-4-6-14(12-18)19(2)11-13-5-3-7-15-16(13)20-10-8-17-15/h3,5,7,14,17H,4,6,8-12H2,1-2H3. The molecule has 3 rings (SSSR count). The fraction of sp³-hybridized carbons (Fsp3) is 0.625. The van der Waals surface area contributed by atoms with Gasteiger partial charge in [0.25, 0.3) is 0 Å². The summed E-state index contributed by atoms with van der Waals surface area (Å²) in [5.41, 5.74) is 2.44. The van der Waals surface area contributed by atoms with Crippen LogP contribution in [-0.4, -0.2) is 56.2 Å². The average molecular weight is 275 g/mol. The van der Waals surface area contributed by atoms with E-state index in [1.165, 1.54) is 31.5 Å². The van der Waals surface area contributed by atoms with Crippen LogP contribution in [0.1, 0.15) is 18.4 Å². The number of rotatable bonds is 3. The summed E-state index contributed by atoms with van der Waals surface area (Å²) in [4.78, 5) is 4.91. The first-order valence-corrected chi connectivity index (χ1v) is 7.61. The molecule has 1 saturated heterocycles. The van der Waals surface area contributed by atoms with E-state index in [0.29, 0.717) is 6.04 Å². The minimum absolute atomic E-state index is 0.654. The lowest BCUT2D eigenvalue weighted by Crippen LogP contribution is -2.44. The quantitative estimate of drug-likeness (QED) is 0.913. The lowest BCUT2D eigenvalue weighted by atomic mass is 10.0. The Hall–Kier alpha value is -1.26. The molecule has 0 spiro atoms. The molecule has 1 aromatic carbocycles. The number of likely N-dealkylation sites (N-methyl/N-ethyl adjacent to an activating group) is 2. The monoisotopic (exact) mass is 275 g/mol. The van der Waals surface area contributed by atoms with Crippen LogP contribution >= 0.6 is 0 Å². The van der Waals surface area contributed by atoms with Gasteiger partial charge >= 0.3 is 0 Å². The second kappa shape index (κ2) is 6.02. The van der Waals surface area contributed by atoms with Gasteiger partial charge in [-0.2, -0.15) is 0 Å². The summed E-state index contributed by atoms with van der Waals surface area (Å²) in [6, 6.07) is 7.07. The predicted octanol–water partition coefficient (Wildman–Crippen LogP) is 2.02. The summed E-state index contributed by atoms with van der Waals surface area (Å²) < 4.78 is 5.86. The molecule has 0 bridgehead atoms. The molecule has 2 aliphatic rings. The molecule has 0 saturated carbocycles. The third kappa shape index (κ3) is 2.91. The molecule has 1 aromatic rings. The highest BCUT2D eigenvalue weighted by atomic mass is 16.5. The van der Waals surface area contributed by atoms with Crippen molar-refractivity contribution < 1.29 is 4.74 Å². The summed E-state index contributed by atoms with van der Waals surface area (Å²) >= 11 is 0. The summed E-state index contributed by atoms with van der Waals surface area (Å²) in [6.45, 7) is 5.03. The van der Waals surface area contributed by atoms with Gasteiger partial charge in [-0.25, -0.2) is 0 Å². The molecule has 2 heterocycles. The first-order valence-electron chi connectivity index (χ1n) is 7.61. The number of anilines is 1. The Balaban J connectivity index is 1.71. The Morgan fingerprint density at radius 1 is 1.45 bits per heavy atom. The number of hydrogen-bond donors (Lipinski definition) is 1. The molecule has 2 aliphatic heterocycles. The van der Waals surface area contributed by atoms with Crippen LogP contribution in [0.4, 0.5) is 5.69 Å². The van der Waals surface area contributed by atoms with Crippen molar-refractivity contribution in [2.45, 2.75) is 25.4 Å². The third-order valence-corrected chi connectivity index (χ3v) is 4.40. The fourth-order valence-electron chi connectivity index (χ4n) is 3.25. The maximum atomic E-state index is 5.86. The van der Waals surface area contributed by atoms with Crippen molar-refractivity contribution in [2.24, 2.45) is 0 Å². The van der Waals surface area contributed by atoms with Gasteiger partial charge < -0.3 is 15.0 Å². The fourth-order valence-corrected chi connectivity index (χ4v) is 3.25. The molecule has 0 radical (unpaired) electrons. The van der Waals surface area contributed by atoms with Gasteiger partial charge in [0, 0.05) is 31.2 Å². The first-order chi connectivity index (χ1) is 9.74. The number of fused-ring (bicyclic) bond motifs is 1. The molecule has 110 valence electrons. The van der Waals surface area contributed by atoms with E-state index in [0.717, 1.165) is 31.1 Å². The van der Waals surface area contributed by atoms with Crippen LogP contribution in [0, 0.1) is 0 Å². The Morgan fingerprint density at radius 3 is 3.20 bits per heavy atom. The normalized spacial score (nSPS) is 23.1. The van der Waals surface area contributed by atoms with Crippen LogP contribution in [0.15, 0.2) is 18.2 Å². The van der Waals surface area contributed by atoms with Gasteiger partial charge in [0.2, 0.25) is 0 Å². The van der Waals surface area contributed by atoms with Crippen LogP contribution in [0.5, 0.6) is 5.75 Å². The molecule has 4 nitrogen and oxygen atoms in total. The molecule has 1 unspecified atom stereocenters. The van der Waals surface area contributed by atoms with E-state index < -0.39 is 0 Å². The smallest absolute Gasteiger partial charge is 0.146 e. The first kappa shape index (κ1) is 13.7. The molecular weight excluding hydrogens is 250 g/mol. The van der Waals surface area contributed by atoms with Crippen LogP contribution in [0.25, 0.3) is 0 Å². The number of para-hydroxylation sites is 1. The zero-order valence-corrected chi connectivity index (χ0v) is 12.6. The van der Waals surface area contributed by atoms with E-state index in [2.05, 4.69) is 47.4 Å². The zero-order valence-electron chi connectivity index (χ0n) is 12.6. The van der Waals surface area contributed by atoms with Crippen molar-refractivity contribution in [1.29, 1.82) is 0 Å². The van der Waals surface area contributed by atoms with E-state index in [1.54, 1.807) is 0 Å². The molecule has 1 N–H and O–H groups in total. The minimum atomic E-state index is 0.654. The SMILES string of the molecule is CN1CCCC(N(C)Cc2cccc3c2OCCN3)C1. The van der Waals surface area contributed by atoms with E-state index in [4.69, 9.17) is 4.74 Å². The highest BCUT2D eigenvalue weighted by Gasteiger charge is 2.22. The molecule has 4 heteroatoms. The summed E-state index contributed by atoms with van der Waals surface area (Å²) in [6.07, 6.45) is 2.60. The molecule has 0 aromatic heterocycles. The summed E-state index contributed by atoms with van der Waals surface area (Å²) in [5.74, 6) is 1.05. The Kier molecular flexibility index (Phi) is 4.13. The van der Waals surface area contributed by atoms with Gasteiger partial charge in [0.1, 0.15) is 12.4 Å². The Labute approximate surface area is 121 Å².